The van der Waals surface area contributed by atoms with E-state index < -0.39 is 0 Å². The van der Waals surface area contributed by atoms with E-state index in [1.54, 1.807) is 18.3 Å². The molecule has 1 aromatic rings. The molecule has 2 rings (SSSR count). The fourth-order valence-corrected chi connectivity index (χ4v) is 2.71. The Bertz CT molecular complexity index is 431. The van der Waals surface area contributed by atoms with Crippen molar-refractivity contribution >= 4 is 17.5 Å². The van der Waals surface area contributed by atoms with Crippen LogP contribution in [-0.4, -0.2) is 29.4 Å². The Morgan fingerprint density at radius 3 is 2.89 bits per heavy atom. The molecule has 5 heteroatoms. The minimum absolute atomic E-state index is 0.164. The predicted octanol–water partition coefficient (Wildman–Crippen LogP) is 2.37. The summed E-state index contributed by atoms with van der Waals surface area (Å²) in [6, 6.07) is 3.43. The molecular formula is C13H17ClN2O2. The first kappa shape index (κ1) is 13.1. The predicted molar refractivity (Wildman–Crippen MR) is 70.2 cm³/mol. The normalized spacial score (nSPS) is 17.4. The molecule has 18 heavy (non-hydrogen) atoms. The van der Waals surface area contributed by atoms with Gasteiger partial charge in [-0.3, -0.25) is 4.79 Å². The average Bonchev–Trinajstić information content (AvgIpc) is 2.87. The van der Waals surface area contributed by atoms with Crippen molar-refractivity contribution in [3.63, 3.8) is 0 Å². The highest BCUT2D eigenvalue weighted by Gasteiger charge is 2.35. The SMILES string of the molecule is COc1ncccc1C(=O)NC1(CCl)CCCC1. The molecule has 4 nitrogen and oxygen atoms in total. The molecule has 1 aliphatic carbocycles. The van der Waals surface area contributed by atoms with E-state index in [1.165, 1.54) is 7.11 Å². The molecule has 0 aliphatic heterocycles. The smallest absolute Gasteiger partial charge is 0.257 e. The zero-order chi connectivity index (χ0) is 13.0. The van der Waals surface area contributed by atoms with Crippen LogP contribution in [0.25, 0.3) is 0 Å². The van der Waals surface area contributed by atoms with Gasteiger partial charge < -0.3 is 10.1 Å². The fourth-order valence-electron chi connectivity index (χ4n) is 2.38. The second-order valence-electron chi connectivity index (χ2n) is 4.64. The minimum atomic E-state index is -0.264. The van der Waals surface area contributed by atoms with E-state index in [1.807, 2.05) is 0 Å². The molecule has 0 aromatic carbocycles. The van der Waals surface area contributed by atoms with Crippen LogP contribution in [0.2, 0.25) is 0 Å². The summed E-state index contributed by atoms with van der Waals surface area (Å²) in [5, 5.41) is 3.04. The number of methoxy groups -OCH3 is 1. The number of alkyl halides is 1. The highest BCUT2D eigenvalue weighted by Crippen LogP contribution is 2.31. The Hall–Kier alpha value is -1.29. The Labute approximate surface area is 112 Å². The first-order valence-corrected chi connectivity index (χ1v) is 6.62. The summed E-state index contributed by atoms with van der Waals surface area (Å²) >= 11 is 6.01. The third kappa shape index (κ3) is 2.58. The van der Waals surface area contributed by atoms with Crippen LogP contribution in [0.1, 0.15) is 36.0 Å². The largest absolute Gasteiger partial charge is 0.480 e. The summed E-state index contributed by atoms with van der Waals surface area (Å²) in [4.78, 5) is 16.3. The fraction of sp³-hybridized carbons (Fsp3) is 0.538. The lowest BCUT2D eigenvalue weighted by Crippen LogP contribution is -2.48. The van der Waals surface area contributed by atoms with Gasteiger partial charge in [-0.05, 0) is 25.0 Å². The lowest BCUT2D eigenvalue weighted by atomic mass is 10.00. The zero-order valence-electron chi connectivity index (χ0n) is 10.4. The molecule has 0 atom stereocenters. The van der Waals surface area contributed by atoms with Crippen LogP contribution in [0.4, 0.5) is 0 Å². The van der Waals surface area contributed by atoms with E-state index in [9.17, 15) is 4.79 Å². The lowest BCUT2D eigenvalue weighted by molar-refractivity contribution is 0.0905. The monoisotopic (exact) mass is 268 g/mol. The number of pyridine rings is 1. The number of nitrogens with zero attached hydrogens (tertiary/aromatic N) is 1. The quantitative estimate of drug-likeness (QED) is 0.853. The number of ether oxygens (including phenoxy) is 1. The lowest BCUT2D eigenvalue weighted by Gasteiger charge is -2.28. The Morgan fingerprint density at radius 2 is 2.28 bits per heavy atom. The van der Waals surface area contributed by atoms with Gasteiger partial charge in [-0.1, -0.05) is 12.8 Å². The van der Waals surface area contributed by atoms with Crippen LogP contribution in [0.3, 0.4) is 0 Å². The third-order valence-electron chi connectivity index (χ3n) is 3.40. The number of rotatable bonds is 4. The summed E-state index contributed by atoms with van der Waals surface area (Å²) < 4.78 is 5.09. The zero-order valence-corrected chi connectivity index (χ0v) is 11.2. The van der Waals surface area contributed by atoms with Crippen molar-refractivity contribution in [2.24, 2.45) is 0 Å². The van der Waals surface area contributed by atoms with E-state index >= 15 is 0 Å². The van der Waals surface area contributed by atoms with Crippen LogP contribution in [0.15, 0.2) is 18.3 Å². The topological polar surface area (TPSA) is 51.2 Å². The second-order valence-corrected chi connectivity index (χ2v) is 4.90. The van der Waals surface area contributed by atoms with Crippen LogP contribution in [0, 0.1) is 0 Å². The van der Waals surface area contributed by atoms with Gasteiger partial charge in [0.1, 0.15) is 5.56 Å². The molecule has 0 radical (unpaired) electrons. The van der Waals surface area contributed by atoms with Crippen molar-refractivity contribution in [3.8, 4) is 5.88 Å². The summed E-state index contributed by atoms with van der Waals surface area (Å²) in [6.07, 6.45) is 5.69. The molecule has 1 aliphatic rings. The Morgan fingerprint density at radius 1 is 1.56 bits per heavy atom. The standard InChI is InChI=1S/C13H17ClN2O2/c1-18-12-10(5-4-8-15-12)11(17)16-13(9-14)6-2-3-7-13/h4-5,8H,2-3,6-7,9H2,1H3,(H,16,17). The highest BCUT2D eigenvalue weighted by atomic mass is 35.5. The molecule has 1 aromatic heterocycles. The van der Waals surface area contributed by atoms with Crippen LogP contribution in [-0.2, 0) is 0 Å². The number of hydrogen-bond acceptors (Lipinski definition) is 3. The van der Waals surface area contributed by atoms with Crippen molar-refractivity contribution in [2.45, 2.75) is 31.2 Å². The molecule has 1 N–H and O–H groups in total. The molecular weight excluding hydrogens is 252 g/mol. The van der Waals surface area contributed by atoms with E-state index in [4.69, 9.17) is 16.3 Å². The first-order chi connectivity index (χ1) is 8.71. The second kappa shape index (κ2) is 5.57. The van der Waals surface area contributed by atoms with Gasteiger partial charge >= 0.3 is 0 Å². The number of amides is 1. The van der Waals surface area contributed by atoms with Gasteiger partial charge in [-0.15, -0.1) is 11.6 Å². The number of halogens is 1. The number of aromatic nitrogens is 1. The number of hydrogen-bond donors (Lipinski definition) is 1. The molecule has 0 bridgehead atoms. The molecule has 1 fully saturated rings. The van der Waals surface area contributed by atoms with Gasteiger partial charge in [0.25, 0.3) is 5.91 Å². The summed E-state index contributed by atoms with van der Waals surface area (Å²) in [5.41, 5.74) is 0.191. The van der Waals surface area contributed by atoms with E-state index in [0.29, 0.717) is 17.3 Å². The number of carbonyl (C=O) groups is 1. The number of nitrogens with one attached hydrogen (secondary N) is 1. The van der Waals surface area contributed by atoms with Crippen molar-refractivity contribution in [1.29, 1.82) is 0 Å². The molecule has 98 valence electrons. The Balaban J connectivity index is 2.16. The van der Waals surface area contributed by atoms with Gasteiger partial charge in [0.2, 0.25) is 5.88 Å². The summed E-state index contributed by atoms with van der Waals surface area (Å²) in [7, 11) is 1.51. The maximum Gasteiger partial charge on any atom is 0.257 e. The van der Waals surface area contributed by atoms with Crippen molar-refractivity contribution in [1.82, 2.24) is 10.3 Å². The summed E-state index contributed by atoms with van der Waals surface area (Å²) in [6.45, 7) is 0. The van der Waals surface area contributed by atoms with Crippen LogP contribution < -0.4 is 10.1 Å². The molecule has 1 saturated carbocycles. The first-order valence-electron chi connectivity index (χ1n) is 6.08. The van der Waals surface area contributed by atoms with Crippen LogP contribution >= 0.6 is 11.6 Å². The van der Waals surface area contributed by atoms with Crippen LogP contribution in [0.5, 0.6) is 5.88 Å². The van der Waals surface area contributed by atoms with Gasteiger partial charge in [0, 0.05) is 12.1 Å². The molecule has 1 amide bonds. The van der Waals surface area contributed by atoms with E-state index in [0.717, 1.165) is 25.7 Å². The van der Waals surface area contributed by atoms with Crippen molar-refractivity contribution in [2.75, 3.05) is 13.0 Å². The summed E-state index contributed by atoms with van der Waals surface area (Å²) in [5.74, 6) is 0.627. The average molecular weight is 269 g/mol. The van der Waals surface area contributed by atoms with E-state index in [-0.39, 0.29) is 11.4 Å². The number of carbonyl (C=O) groups excluding carboxylic acids is 1. The van der Waals surface area contributed by atoms with Gasteiger partial charge in [0.05, 0.1) is 12.6 Å². The highest BCUT2D eigenvalue weighted by molar-refractivity contribution is 6.19. The Kier molecular flexibility index (Phi) is 4.07. The minimum Gasteiger partial charge on any atom is -0.480 e. The van der Waals surface area contributed by atoms with Crippen molar-refractivity contribution in [3.05, 3.63) is 23.9 Å². The van der Waals surface area contributed by atoms with Gasteiger partial charge in [-0.25, -0.2) is 4.98 Å². The molecule has 1 heterocycles. The maximum absolute atomic E-state index is 12.3. The molecule has 0 saturated heterocycles. The van der Waals surface area contributed by atoms with Gasteiger partial charge in [-0.2, -0.15) is 0 Å². The van der Waals surface area contributed by atoms with Gasteiger partial charge in [0.15, 0.2) is 0 Å². The van der Waals surface area contributed by atoms with E-state index in [2.05, 4.69) is 10.3 Å². The molecule has 0 spiro atoms. The molecule has 0 unspecified atom stereocenters. The third-order valence-corrected chi connectivity index (χ3v) is 3.92. The van der Waals surface area contributed by atoms with Crippen molar-refractivity contribution < 1.29 is 9.53 Å². The maximum atomic E-state index is 12.3.